The number of aromatic nitrogens is 2. The number of ether oxygens (including phenoxy) is 1. The number of amides is 1. The van der Waals surface area contributed by atoms with E-state index < -0.39 is 17.7 Å². The fourth-order valence-electron chi connectivity index (χ4n) is 3.74. The smallest absolute Gasteiger partial charge is 0.295 e. The van der Waals surface area contributed by atoms with Gasteiger partial charge in [-0.25, -0.2) is 0 Å². The van der Waals surface area contributed by atoms with Gasteiger partial charge in [0, 0.05) is 36.9 Å². The molecule has 3 aromatic rings. The van der Waals surface area contributed by atoms with Crippen LogP contribution in [0.15, 0.2) is 78.9 Å². The minimum absolute atomic E-state index is 0.0349. The fourth-order valence-corrected chi connectivity index (χ4v) is 3.74. The van der Waals surface area contributed by atoms with E-state index in [0.717, 1.165) is 5.56 Å². The van der Waals surface area contributed by atoms with Gasteiger partial charge in [0.15, 0.2) is 0 Å². The number of aliphatic hydroxyl groups excluding tert-OH is 1. The zero-order valence-corrected chi connectivity index (χ0v) is 18.5. The van der Waals surface area contributed by atoms with Crippen LogP contribution in [0.4, 0.5) is 0 Å². The van der Waals surface area contributed by atoms with Crippen LogP contribution in [0.3, 0.4) is 0 Å². The predicted octanol–water partition coefficient (Wildman–Crippen LogP) is 4.13. The van der Waals surface area contributed by atoms with E-state index in [9.17, 15) is 14.7 Å². The maximum Gasteiger partial charge on any atom is 0.295 e. The summed E-state index contributed by atoms with van der Waals surface area (Å²) in [6.07, 6.45) is 6.51. The normalized spacial score (nSPS) is 17.5. The molecule has 1 N–H and O–H groups in total. The third kappa shape index (κ3) is 4.77. The van der Waals surface area contributed by atoms with Gasteiger partial charge in [0.25, 0.3) is 11.7 Å². The number of nitrogens with zero attached hydrogens (tertiary/aromatic N) is 3. The zero-order valence-electron chi connectivity index (χ0n) is 18.5. The monoisotopic (exact) mass is 443 g/mol. The Kier molecular flexibility index (Phi) is 6.49. The van der Waals surface area contributed by atoms with Crippen LogP contribution in [0.25, 0.3) is 5.76 Å². The van der Waals surface area contributed by atoms with Gasteiger partial charge in [-0.3, -0.25) is 19.6 Å². The summed E-state index contributed by atoms with van der Waals surface area (Å²) in [6.45, 7) is 4.87. The number of Topliss-reactive ketones (excluding diaryl/α,β-unsaturated/α-hetero) is 1. The first-order valence-corrected chi connectivity index (χ1v) is 10.8. The van der Waals surface area contributed by atoms with Crippen molar-refractivity contribution >= 4 is 17.4 Å². The second kappa shape index (κ2) is 9.65. The summed E-state index contributed by atoms with van der Waals surface area (Å²) in [5.74, 6) is -0.586. The molecule has 7 heteroatoms. The van der Waals surface area contributed by atoms with E-state index >= 15 is 0 Å². The summed E-state index contributed by atoms with van der Waals surface area (Å²) in [7, 11) is 0. The number of likely N-dealkylation sites (tertiary alicyclic amines) is 1. The van der Waals surface area contributed by atoms with Gasteiger partial charge >= 0.3 is 0 Å². The van der Waals surface area contributed by atoms with Gasteiger partial charge in [-0.2, -0.15) is 0 Å². The molecular formula is C26H25N3O4. The number of carbonyl (C=O) groups is 2. The molecule has 1 fully saturated rings. The average molecular weight is 444 g/mol. The number of hydrogen-bond donors (Lipinski definition) is 1. The second-order valence-electron chi connectivity index (χ2n) is 8.30. The number of benzene rings is 1. The molecule has 0 bridgehead atoms. The third-order valence-corrected chi connectivity index (χ3v) is 5.33. The Hall–Kier alpha value is -4.00. The van der Waals surface area contributed by atoms with Gasteiger partial charge in [0.1, 0.15) is 11.5 Å². The van der Waals surface area contributed by atoms with E-state index in [-0.39, 0.29) is 17.9 Å². The summed E-state index contributed by atoms with van der Waals surface area (Å²) in [4.78, 5) is 35.8. The quantitative estimate of drug-likeness (QED) is 0.335. The van der Waals surface area contributed by atoms with Crippen molar-refractivity contribution in [1.29, 1.82) is 0 Å². The Morgan fingerprint density at radius 2 is 1.73 bits per heavy atom. The minimum atomic E-state index is -0.768. The maximum absolute atomic E-state index is 13.1. The first-order chi connectivity index (χ1) is 16.0. The lowest BCUT2D eigenvalue weighted by Gasteiger charge is -2.25. The summed E-state index contributed by atoms with van der Waals surface area (Å²) in [6, 6.07) is 13.2. The van der Waals surface area contributed by atoms with Crippen molar-refractivity contribution in [1.82, 2.24) is 14.9 Å². The number of rotatable bonds is 7. The molecule has 1 aliphatic heterocycles. The standard InChI is InChI=1S/C26H25N3O4/c1-17(2)16-33-21-9-7-19(8-10-21)24(30)22-23(20-6-4-12-28-14-20)29(26(32)25(22)31)15-18-5-3-11-27-13-18/h3-14,17,23,30H,15-16H2,1-2H3/b24-22+. The van der Waals surface area contributed by atoms with Crippen LogP contribution in [-0.2, 0) is 16.1 Å². The van der Waals surface area contributed by atoms with Gasteiger partial charge in [-0.15, -0.1) is 0 Å². The SMILES string of the molecule is CC(C)COc1ccc(/C(O)=C2\C(=O)C(=O)N(Cc3cccnc3)C2c2cccnc2)cc1. The highest BCUT2D eigenvalue weighted by Gasteiger charge is 2.46. The summed E-state index contributed by atoms with van der Waals surface area (Å²) in [5.41, 5.74) is 1.88. The minimum Gasteiger partial charge on any atom is -0.507 e. The molecular weight excluding hydrogens is 418 g/mol. The molecule has 0 aliphatic carbocycles. The Morgan fingerprint density at radius 1 is 1.03 bits per heavy atom. The molecule has 1 amide bonds. The highest BCUT2D eigenvalue weighted by atomic mass is 16.5. The van der Waals surface area contributed by atoms with Crippen LogP contribution in [0.2, 0.25) is 0 Å². The first kappa shape index (κ1) is 22.2. The van der Waals surface area contributed by atoms with E-state index in [4.69, 9.17) is 4.74 Å². The van der Waals surface area contributed by atoms with Gasteiger partial charge in [-0.05, 0) is 53.4 Å². The van der Waals surface area contributed by atoms with E-state index in [1.807, 2.05) is 6.07 Å². The lowest BCUT2D eigenvalue weighted by atomic mass is 9.96. The highest BCUT2D eigenvalue weighted by molar-refractivity contribution is 6.46. The van der Waals surface area contributed by atoms with Crippen molar-refractivity contribution in [3.05, 3.63) is 95.6 Å². The Morgan fingerprint density at radius 3 is 2.33 bits per heavy atom. The molecule has 0 saturated carbocycles. The molecule has 0 radical (unpaired) electrons. The first-order valence-electron chi connectivity index (χ1n) is 10.8. The lowest BCUT2D eigenvalue weighted by Crippen LogP contribution is -2.29. The number of aliphatic hydroxyl groups is 1. The molecule has 1 atom stereocenters. The molecule has 0 spiro atoms. The lowest BCUT2D eigenvalue weighted by molar-refractivity contribution is -0.140. The maximum atomic E-state index is 13.1. The molecule has 168 valence electrons. The van der Waals surface area contributed by atoms with Crippen molar-refractivity contribution < 1.29 is 19.4 Å². The summed E-state index contributed by atoms with van der Waals surface area (Å²) < 4.78 is 5.70. The molecule has 3 heterocycles. The number of carbonyl (C=O) groups excluding carboxylic acids is 2. The number of hydrogen-bond acceptors (Lipinski definition) is 6. The van der Waals surface area contributed by atoms with Crippen molar-refractivity contribution in [2.45, 2.75) is 26.4 Å². The number of ketones is 1. The fraction of sp³-hybridized carbons (Fsp3) is 0.231. The Balaban J connectivity index is 1.74. The molecule has 1 saturated heterocycles. The average Bonchev–Trinajstić information content (AvgIpc) is 3.09. The molecule has 2 aromatic heterocycles. The van der Waals surface area contributed by atoms with Crippen molar-refractivity contribution in [2.24, 2.45) is 5.92 Å². The van der Waals surface area contributed by atoms with Gasteiger partial charge in [0.05, 0.1) is 18.2 Å². The highest BCUT2D eigenvalue weighted by Crippen LogP contribution is 2.40. The molecule has 1 unspecified atom stereocenters. The largest absolute Gasteiger partial charge is 0.507 e. The molecule has 1 aromatic carbocycles. The summed E-state index contributed by atoms with van der Waals surface area (Å²) >= 11 is 0. The van der Waals surface area contributed by atoms with E-state index in [1.165, 1.54) is 4.90 Å². The molecule has 1 aliphatic rings. The van der Waals surface area contributed by atoms with Crippen LogP contribution >= 0.6 is 0 Å². The second-order valence-corrected chi connectivity index (χ2v) is 8.30. The Labute approximate surface area is 192 Å². The Bertz CT molecular complexity index is 1160. The third-order valence-electron chi connectivity index (χ3n) is 5.33. The van der Waals surface area contributed by atoms with Crippen molar-refractivity contribution in [3.8, 4) is 5.75 Å². The number of pyridine rings is 2. The molecule has 4 rings (SSSR count). The van der Waals surface area contributed by atoms with Gasteiger partial charge in [0.2, 0.25) is 0 Å². The van der Waals surface area contributed by atoms with Crippen molar-refractivity contribution in [2.75, 3.05) is 6.61 Å². The molecule has 33 heavy (non-hydrogen) atoms. The van der Waals surface area contributed by atoms with Crippen molar-refractivity contribution in [3.63, 3.8) is 0 Å². The summed E-state index contributed by atoms with van der Waals surface area (Å²) in [5, 5.41) is 11.1. The van der Waals surface area contributed by atoms with E-state index in [1.54, 1.807) is 67.3 Å². The van der Waals surface area contributed by atoms with Crippen LogP contribution in [0, 0.1) is 5.92 Å². The van der Waals surface area contributed by atoms with E-state index in [0.29, 0.717) is 29.4 Å². The van der Waals surface area contributed by atoms with Gasteiger partial charge in [-0.1, -0.05) is 26.0 Å². The predicted molar refractivity (Wildman–Crippen MR) is 123 cm³/mol. The van der Waals surface area contributed by atoms with E-state index in [2.05, 4.69) is 23.8 Å². The van der Waals surface area contributed by atoms with Crippen LogP contribution in [0.5, 0.6) is 5.75 Å². The molecule has 7 nitrogen and oxygen atoms in total. The topological polar surface area (TPSA) is 92.6 Å². The van der Waals surface area contributed by atoms with Gasteiger partial charge < -0.3 is 14.7 Å². The zero-order chi connectivity index (χ0) is 23.4. The van der Waals surface area contributed by atoms with Crippen LogP contribution < -0.4 is 4.74 Å². The van der Waals surface area contributed by atoms with Crippen LogP contribution in [0.1, 0.15) is 36.6 Å². The van der Waals surface area contributed by atoms with Crippen LogP contribution in [-0.4, -0.2) is 38.3 Å².